The van der Waals surface area contributed by atoms with Crippen LogP contribution in [-0.4, -0.2) is 48.3 Å². The molecule has 1 saturated carbocycles. The standard InChI is InChI=1S/C16H19N3O3/c1-21-8-10-13(9-6-7-22-14(9)10)19-16(20)15-17-11-4-2-3-5-12(11)18-15/h2-5,9-10,13-14H,6-8H2,1H3,(H,17,18)(H,19,20)/t9-,10+,13+,14-/m1/s1. The number of benzene rings is 1. The molecule has 2 aromatic rings. The Kier molecular flexibility index (Phi) is 3.35. The van der Waals surface area contributed by atoms with Crippen molar-refractivity contribution in [2.75, 3.05) is 20.3 Å². The third-order valence-electron chi connectivity index (χ3n) is 4.79. The summed E-state index contributed by atoms with van der Waals surface area (Å²) >= 11 is 0. The summed E-state index contributed by atoms with van der Waals surface area (Å²) in [6.07, 6.45) is 1.22. The molecular weight excluding hydrogens is 282 g/mol. The van der Waals surface area contributed by atoms with E-state index in [0.29, 0.717) is 18.3 Å². The average molecular weight is 301 g/mol. The minimum absolute atomic E-state index is 0.105. The van der Waals surface area contributed by atoms with E-state index < -0.39 is 0 Å². The van der Waals surface area contributed by atoms with Gasteiger partial charge in [0, 0.05) is 31.6 Å². The van der Waals surface area contributed by atoms with Gasteiger partial charge in [0.25, 0.3) is 5.91 Å². The van der Waals surface area contributed by atoms with Gasteiger partial charge in [-0.05, 0) is 18.6 Å². The van der Waals surface area contributed by atoms with E-state index in [2.05, 4.69) is 15.3 Å². The van der Waals surface area contributed by atoms with Gasteiger partial charge >= 0.3 is 0 Å². The normalized spacial score (nSPS) is 30.0. The molecule has 6 heteroatoms. The number of hydrogen-bond acceptors (Lipinski definition) is 4. The Bertz CT molecular complexity index is 666. The van der Waals surface area contributed by atoms with Crippen LogP contribution < -0.4 is 5.32 Å². The number of fused-ring (bicyclic) bond motifs is 2. The van der Waals surface area contributed by atoms with Crippen molar-refractivity contribution in [2.45, 2.75) is 18.6 Å². The quantitative estimate of drug-likeness (QED) is 0.893. The Labute approximate surface area is 128 Å². The number of methoxy groups -OCH3 is 1. The molecule has 1 aromatic heterocycles. The van der Waals surface area contributed by atoms with Gasteiger partial charge in [-0.25, -0.2) is 4.98 Å². The number of amides is 1. The molecule has 4 rings (SSSR count). The first-order valence-electron chi connectivity index (χ1n) is 7.64. The number of aromatic amines is 1. The predicted molar refractivity (Wildman–Crippen MR) is 80.6 cm³/mol. The van der Waals surface area contributed by atoms with Crippen molar-refractivity contribution in [3.05, 3.63) is 30.1 Å². The number of H-pyrrole nitrogens is 1. The molecule has 0 spiro atoms. The SMILES string of the molecule is COC[C@H]1[C@@H](NC(=O)c2nc3ccccc3[nH]2)[C@H]2CCO[C@H]21. The molecule has 1 aliphatic heterocycles. The first-order chi connectivity index (χ1) is 10.8. The van der Waals surface area contributed by atoms with Gasteiger partial charge in [0.05, 0.1) is 23.7 Å². The Balaban J connectivity index is 1.51. The van der Waals surface area contributed by atoms with Crippen LogP contribution in [-0.2, 0) is 9.47 Å². The molecule has 1 aliphatic carbocycles. The van der Waals surface area contributed by atoms with Crippen molar-refractivity contribution in [1.82, 2.24) is 15.3 Å². The molecule has 0 unspecified atom stereocenters. The number of nitrogens with zero attached hydrogens (tertiary/aromatic N) is 1. The van der Waals surface area contributed by atoms with Crippen molar-refractivity contribution in [3.8, 4) is 0 Å². The van der Waals surface area contributed by atoms with Crippen molar-refractivity contribution in [1.29, 1.82) is 0 Å². The topological polar surface area (TPSA) is 76.2 Å². The first-order valence-corrected chi connectivity index (χ1v) is 7.64. The second-order valence-electron chi connectivity index (χ2n) is 6.01. The zero-order valence-corrected chi connectivity index (χ0v) is 12.4. The summed E-state index contributed by atoms with van der Waals surface area (Å²) in [5.41, 5.74) is 1.67. The fourth-order valence-corrected chi connectivity index (χ4v) is 3.71. The summed E-state index contributed by atoms with van der Waals surface area (Å²) in [6.45, 7) is 1.37. The summed E-state index contributed by atoms with van der Waals surface area (Å²) < 4.78 is 11.0. The lowest BCUT2D eigenvalue weighted by Gasteiger charge is -2.47. The zero-order valence-electron chi connectivity index (χ0n) is 12.4. The highest BCUT2D eigenvalue weighted by Gasteiger charge is 2.54. The lowest BCUT2D eigenvalue weighted by atomic mass is 9.67. The molecule has 2 N–H and O–H groups in total. The van der Waals surface area contributed by atoms with Crippen LogP contribution in [0.2, 0.25) is 0 Å². The average Bonchev–Trinajstić information content (AvgIpc) is 3.14. The van der Waals surface area contributed by atoms with E-state index in [1.165, 1.54) is 0 Å². The van der Waals surface area contributed by atoms with Crippen LogP contribution in [0.3, 0.4) is 0 Å². The number of para-hydroxylation sites is 2. The number of carbonyl (C=O) groups is 1. The summed E-state index contributed by atoms with van der Waals surface area (Å²) in [5, 5.41) is 3.11. The van der Waals surface area contributed by atoms with E-state index in [9.17, 15) is 4.79 Å². The fraction of sp³-hybridized carbons (Fsp3) is 0.500. The number of imidazole rings is 1. The van der Waals surface area contributed by atoms with Crippen LogP contribution in [0.25, 0.3) is 11.0 Å². The monoisotopic (exact) mass is 301 g/mol. The van der Waals surface area contributed by atoms with E-state index in [1.807, 2.05) is 24.3 Å². The minimum atomic E-state index is -0.160. The molecule has 2 heterocycles. The molecule has 2 fully saturated rings. The van der Waals surface area contributed by atoms with Gasteiger partial charge in [-0.1, -0.05) is 12.1 Å². The van der Waals surface area contributed by atoms with Crippen LogP contribution in [0, 0.1) is 11.8 Å². The second-order valence-corrected chi connectivity index (χ2v) is 6.01. The van der Waals surface area contributed by atoms with Crippen molar-refractivity contribution in [2.24, 2.45) is 11.8 Å². The van der Waals surface area contributed by atoms with E-state index in [0.717, 1.165) is 24.1 Å². The molecule has 0 bridgehead atoms. The molecule has 1 amide bonds. The highest BCUT2D eigenvalue weighted by molar-refractivity contribution is 5.94. The molecule has 1 saturated heterocycles. The van der Waals surface area contributed by atoms with Crippen LogP contribution >= 0.6 is 0 Å². The van der Waals surface area contributed by atoms with Crippen LogP contribution in [0.5, 0.6) is 0 Å². The van der Waals surface area contributed by atoms with E-state index in [1.54, 1.807) is 7.11 Å². The third-order valence-corrected chi connectivity index (χ3v) is 4.79. The van der Waals surface area contributed by atoms with E-state index >= 15 is 0 Å². The summed E-state index contributed by atoms with van der Waals surface area (Å²) in [5.74, 6) is 0.826. The minimum Gasteiger partial charge on any atom is -0.384 e. The van der Waals surface area contributed by atoms with Gasteiger partial charge in [-0.3, -0.25) is 4.79 Å². The number of hydrogen-bond donors (Lipinski definition) is 2. The van der Waals surface area contributed by atoms with Crippen LogP contribution in [0.4, 0.5) is 0 Å². The van der Waals surface area contributed by atoms with Gasteiger partial charge in [0.15, 0.2) is 5.82 Å². The summed E-state index contributed by atoms with van der Waals surface area (Å²) in [7, 11) is 1.68. The molecule has 1 aromatic carbocycles. The fourth-order valence-electron chi connectivity index (χ4n) is 3.71. The summed E-state index contributed by atoms with van der Waals surface area (Å²) in [6, 6.07) is 7.74. The van der Waals surface area contributed by atoms with Crippen molar-refractivity contribution >= 4 is 16.9 Å². The maximum absolute atomic E-state index is 12.5. The molecule has 116 valence electrons. The highest BCUT2D eigenvalue weighted by Crippen LogP contribution is 2.43. The number of nitrogens with one attached hydrogen (secondary N) is 2. The van der Waals surface area contributed by atoms with Gasteiger partial charge in [-0.15, -0.1) is 0 Å². The lowest BCUT2D eigenvalue weighted by Crippen LogP contribution is -2.62. The summed E-state index contributed by atoms with van der Waals surface area (Å²) in [4.78, 5) is 19.9. The number of ether oxygens (including phenoxy) is 2. The molecule has 6 nitrogen and oxygen atoms in total. The van der Waals surface area contributed by atoms with Crippen molar-refractivity contribution < 1.29 is 14.3 Å². The molecule has 4 atom stereocenters. The number of rotatable bonds is 4. The van der Waals surface area contributed by atoms with Gasteiger partial charge in [0.2, 0.25) is 0 Å². The van der Waals surface area contributed by atoms with Crippen LogP contribution in [0.1, 0.15) is 17.0 Å². The first kappa shape index (κ1) is 13.7. The smallest absolute Gasteiger partial charge is 0.287 e. The van der Waals surface area contributed by atoms with Crippen LogP contribution in [0.15, 0.2) is 24.3 Å². The highest BCUT2D eigenvalue weighted by atomic mass is 16.5. The predicted octanol–water partition coefficient (Wildman–Crippen LogP) is 1.34. The Morgan fingerprint density at radius 3 is 3.18 bits per heavy atom. The zero-order chi connectivity index (χ0) is 15.1. The third kappa shape index (κ3) is 2.10. The second kappa shape index (κ2) is 5.37. The maximum Gasteiger partial charge on any atom is 0.287 e. The van der Waals surface area contributed by atoms with E-state index in [-0.39, 0.29) is 24.0 Å². The molecule has 22 heavy (non-hydrogen) atoms. The molecule has 2 aliphatic rings. The number of carbonyl (C=O) groups excluding carboxylic acids is 1. The van der Waals surface area contributed by atoms with Gasteiger partial charge in [0.1, 0.15) is 0 Å². The number of aromatic nitrogens is 2. The molecular formula is C16H19N3O3. The van der Waals surface area contributed by atoms with Gasteiger partial charge in [-0.2, -0.15) is 0 Å². The van der Waals surface area contributed by atoms with E-state index in [4.69, 9.17) is 9.47 Å². The lowest BCUT2D eigenvalue weighted by molar-refractivity contribution is -0.0810. The Morgan fingerprint density at radius 2 is 2.36 bits per heavy atom. The largest absolute Gasteiger partial charge is 0.384 e. The van der Waals surface area contributed by atoms with Gasteiger partial charge < -0.3 is 19.8 Å². The Morgan fingerprint density at radius 1 is 1.50 bits per heavy atom. The Hall–Kier alpha value is -1.92. The maximum atomic E-state index is 12.5. The molecule has 0 radical (unpaired) electrons. The van der Waals surface area contributed by atoms with Crippen molar-refractivity contribution in [3.63, 3.8) is 0 Å².